The molecule has 0 spiro atoms. The maximum atomic E-state index is 12.6. The lowest BCUT2D eigenvalue weighted by atomic mass is 10.1. The summed E-state index contributed by atoms with van der Waals surface area (Å²) in [6.45, 7) is 12.1. The number of aromatic nitrogens is 1. The molecule has 0 aliphatic heterocycles. The normalized spacial score (nSPS) is 10.9. The van der Waals surface area contributed by atoms with Gasteiger partial charge in [0.15, 0.2) is 0 Å². The SMILES string of the molecule is CCCNc1ccnc(C(=O)N(CC(C)C)C(C)C)c1. The molecule has 112 valence electrons. The Hall–Kier alpha value is -1.58. The van der Waals surface area contributed by atoms with Crippen molar-refractivity contribution in [2.24, 2.45) is 5.92 Å². The summed E-state index contributed by atoms with van der Waals surface area (Å²) in [6, 6.07) is 3.92. The summed E-state index contributed by atoms with van der Waals surface area (Å²) in [6.07, 6.45) is 2.75. The number of anilines is 1. The van der Waals surface area contributed by atoms with E-state index in [-0.39, 0.29) is 11.9 Å². The highest BCUT2D eigenvalue weighted by Gasteiger charge is 2.20. The van der Waals surface area contributed by atoms with Crippen molar-refractivity contribution in [2.75, 3.05) is 18.4 Å². The molecule has 1 N–H and O–H groups in total. The van der Waals surface area contributed by atoms with Crippen LogP contribution >= 0.6 is 0 Å². The Bertz CT molecular complexity index is 429. The van der Waals surface area contributed by atoms with E-state index in [1.54, 1.807) is 6.20 Å². The second-order valence-corrected chi connectivity index (χ2v) is 5.80. The van der Waals surface area contributed by atoms with Crippen molar-refractivity contribution in [2.45, 2.75) is 47.1 Å². The van der Waals surface area contributed by atoms with E-state index in [0.29, 0.717) is 11.6 Å². The summed E-state index contributed by atoms with van der Waals surface area (Å²) in [4.78, 5) is 18.7. The topological polar surface area (TPSA) is 45.2 Å². The molecule has 0 bridgehead atoms. The van der Waals surface area contributed by atoms with E-state index in [2.05, 4.69) is 31.1 Å². The fourth-order valence-corrected chi connectivity index (χ4v) is 2.00. The number of carbonyl (C=O) groups is 1. The predicted molar refractivity (Wildman–Crippen MR) is 84.0 cm³/mol. The Balaban J connectivity index is 2.88. The molecule has 0 saturated heterocycles. The van der Waals surface area contributed by atoms with Crippen LogP contribution in [0.2, 0.25) is 0 Å². The van der Waals surface area contributed by atoms with E-state index in [1.165, 1.54) is 0 Å². The third-order valence-corrected chi connectivity index (χ3v) is 3.00. The highest BCUT2D eigenvalue weighted by Crippen LogP contribution is 2.13. The largest absolute Gasteiger partial charge is 0.385 e. The number of nitrogens with zero attached hydrogens (tertiary/aromatic N) is 2. The lowest BCUT2D eigenvalue weighted by molar-refractivity contribution is 0.0676. The maximum absolute atomic E-state index is 12.6. The Morgan fingerprint density at radius 2 is 2.05 bits per heavy atom. The average molecular weight is 277 g/mol. The molecule has 0 aliphatic rings. The molecule has 20 heavy (non-hydrogen) atoms. The van der Waals surface area contributed by atoms with Gasteiger partial charge in [-0.1, -0.05) is 20.8 Å². The number of amides is 1. The maximum Gasteiger partial charge on any atom is 0.272 e. The average Bonchev–Trinajstić information content (AvgIpc) is 2.41. The van der Waals surface area contributed by atoms with Crippen LogP contribution in [0, 0.1) is 5.92 Å². The van der Waals surface area contributed by atoms with E-state index in [0.717, 1.165) is 25.2 Å². The van der Waals surface area contributed by atoms with Crippen LogP contribution in [0.3, 0.4) is 0 Å². The van der Waals surface area contributed by atoms with Crippen LogP contribution in [0.1, 0.15) is 51.5 Å². The molecule has 0 unspecified atom stereocenters. The van der Waals surface area contributed by atoms with Crippen molar-refractivity contribution in [1.82, 2.24) is 9.88 Å². The molecule has 0 radical (unpaired) electrons. The molecule has 1 rings (SSSR count). The lowest BCUT2D eigenvalue weighted by Gasteiger charge is -2.28. The van der Waals surface area contributed by atoms with Gasteiger partial charge in [0, 0.05) is 31.0 Å². The summed E-state index contributed by atoms with van der Waals surface area (Å²) in [5.41, 5.74) is 1.47. The molecule has 4 nitrogen and oxygen atoms in total. The first-order valence-corrected chi connectivity index (χ1v) is 7.46. The summed E-state index contributed by atoms with van der Waals surface area (Å²) < 4.78 is 0. The summed E-state index contributed by atoms with van der Waals surface area (Å²) in [7, 11) is 0. The smallest absolute Gasteiger partial charge is 0.272 e. The molecular weight excluding hydrogens is 250 g/mol. The minimum Gasteiger partial charge on any atom is -0.385 e. The third-order valence-electron chi connectivity index (χ3n) is 3.00. The standard InChI is InChI=1S/C16H27N3O/c1-6-8-17-14-7-9-18-15(10-14)16(20)19(13(4)5)11-12(2)3/h7,9-10,12-13H,6,8,11H2,1-5H3,(H,17,18). The number of rotatable bonds is 7. The molecular formula is C16H27N3O. The molecule has 0 atom stereocenters. The molecule has 1 heterocycles. The summed E-state index contributed by atoms with van der Waals surface area (Å²) in [5.74, 6) is 0.455. The third kappa shape index (κ3) is 4.83. The van der Waals surface area contributed by atoms with E-state index >= 15 is 0 Å². The van der Waals surface area contributed by atoms with Gasteiger partial charge in [-0.2, -0.15) is 0 Å². The first kappa shape index (κ1) is 16.5. The van der Waals surface area contributed by atoms with Gasteiger partial charge in [-0.05, 0) is 38.3 Å². The van der Waals surface area contributed by atoms with Gasteiger partial charge in [-0.3, -0.25) is 9.78 Å². The minimum atomic E-state index is 0.00819. The van der Waals surface area contributed by atoms with E-state index in [4.69, 9.17) is 0 Å². The van der Waals surface area contributed by atoms with E-state index in [1.807, 2.05) is 30.9 Å². The highest BCUT2D eigenvalue weighted by atomic mass is 16.2. The van der Waals surface area contributed by atoms with Crippen LogP contribution in [0.5, 0.6) is 0 Å². The molecule has 4 heteroatoms. The van der Waals surface area contributed by atoms with Crippen LogP contribution in [0.25, 0.3) is 0 Å². The number of hydrogen-bond donors (Lipinski definition) is 1. The zero-order valence-electron chi connectivity index (χ0n) is 13.3. The van der Waals surface area contributed by atoms with Gasteiger partial charge in [0.05, 0.1) is 0 Å². The van der Waals surface area contributed by atoms with Crippen molar-refractivity contribution < 1.29 is 4.79 Å². The summed E-state index contributed by atoms with van der Waals surface area (Å²) >= 11 is 0. The van der Waals surface area contributed by atoms with Crippen LogP contribution < -0.4 is 5.32 Å². The number of carbonyl (C=O) groups excluding carboxylic acids is 1. The van der Waals surface area contributed by atoms with Gasteiger partial charge >= 0.3 is 0 Å². The zero-order chi connectivity index (χ0) is 15.1. The Labute approximate surface area is 122 Å². The van der Waals surface area contributed by atoms with E-state index < -0.39 is 0 Å². The molecule has 0 fully saturated rings. The molecule has 0 saturated carbocycles. The molecule has 0 aromatic carbocycles. The Kier molecular flexibility index (Phi) is 6.49. The lowest BCUT2D eigenvalue weighted by Crippen LogP contribution is -2.39. The predicted octanol–water partition coefficient (Wildman–Crippen LogP) is 3.41. The quantitative estimate of drug-likeness (QED) is 0.830. The van der Waals surface area contributed by atoms with Crippen LogP contribution in [0.4, 0.5) is 5.69 Å². The number of hydrogen-bond acceptors (Lipinski definition) is 3. The van der Waals surface area contributed by atoms with Crippen molar-refractivity contribution in [3.8, 4) is 0 Å². The molecule has 1 amide bonds. The van der Waals surface area contributed by atoms with Gasteiger partial charge in [-0.25, -0.2) is 0 Å². The minimum absolute atomic E-state index is 0.00819. The molecule has 1 aromatic heterocycles. The van der Waals surface area contributed by atoms with Gasteiger partial charge in [-0.15, -0.1) is 0 Å². The van der Waals surface area contributed by atoms with Crippen molar-refractivity contribution in [3.05, 3.63) is 24.0 Å². The fourth-order valence-electron chi connectivity index (χ4n) is 2.00. The first-order chi connectivity index (χ1) is 9.45. The highest BCUT2D eigenvalue weighted by molar-refractivity contribution is 5.93. The van der Waals surface area contributed by atoms with Crippen LogP contribution in [0.15, 0.2) is 18.3 Å². The van der Waals surface area contributed by atoms with E-state index in [9.17, 15) is 4.79 Å². The number of pyridine rings is 1. The van der Waals surface area contributed by atoms with Gasteiger partial charge in [0.1, 0.15) is 5.69 Å². The monoisotopic (exact) mass is 277 g/mol. The van der Waals surface area contributed by atoms with Crippen molar-refractivity contribution >= 4 is 11.6 Å². The van der Waals surface area contributed by atoms with Crippen molar-refractivity contribution in [1.29, 1.82) is 0 Å². The fraction of sp³-hybridized carbons (Fsp3) is 0.625. The molecule has 0 aliphatic carbocycles. The van der Waals surface area contributed by atoms with Gasteiger partial charge in [0.2, 0.25) is 0 Å². The van der Waals surface area contributed by atoms with Gasteiger partial charge in [0.25, 0.3) is 5.91 Å². The van der Waals surface area contributed by atoms with Crippen LogP contribution in [-0.4, -0.2) is 34.9 Å². The second-order valence-electron chi connectivity index (χ2n) is 5.80. The Morgan fingerprint density at radius 1 is 1.35 bits per heavy atom. The van der Waals surface area contributed by atoms with Gasteiger partial charge < -0.3 is 10.2 Å². The number of nitrogens with one attached hydrogen (secondary N) is 1. The zero-order valence-corrected chi connectivity index (χ0v) is 13.3. The summed E-state index contributed by atoms with van der Waals surface area (Å²) in [5, 5.41) is 3.29. The molecule has 1 aromatic rings. The van der Waals surface area contributed by atoms with Crippen LogP contribution in [-0.2, 0) is 0 Å². The Morgan fingerprint density at radius 3 is 2.60 bits per heavy atom. The first-order valence-electron chi connectivity index (χ1n) is 7.46. The van der Waals surface area contributed by atoms with Crippen molar-refractivity contribution in [3.63, 3.8) is 0 Å². The second kappa shape index (κ2) is 7.88.